The van der Waals surface area contributed by atoms with E-state index in [9.17, 15) is 14.4 Å². The van der Waals surface area contributed by atoms with Crippen LogP contribution in [-0.2, 0) is 33.9 Å². The monoisotopic (exact) mass is 707 g/mol. The number of alkyl carbamates (subject to hydrolysis) is 1. The van der Waals surface area contributed by atoms with E-state index in [1.54, 1.807) is 0 Å². The van der Waals surface area contributed by atoms with E-state index in [-0.39, 0.29) is 24.5 Å². The lowest BCUT2D eigenvalue weighted by Gasteiger charge is -2.53. The number of benzene rings is 3. The van der Waals surface area contributed by atoms with E-state index in [1.807, 2.05) is 36.4 Å². The summed E-state index contributed by atoms with van der Waals surface area (Å²) in [7, 11) is 0. The van der Waals surface area contributed by atoms with Gasteiger partial charge in [0.1, 0.15) is 18.2 Å². The molecule has 2 unspecified atom stereocenters. The first-order valence-electron chi connectivity index (χ1n) is 19.6. The van der Waals surface area contributed by atoms with Gasteiger partial charge in [0, 0.05) is 45.3 Å². The van der Waals surface area contributed by atoms with Crippen molar-refractivity contribution in [1.82, 2.24) is 25.3 Å². The third-order valence-electron chi connectivity index (χ3n) is 11.2. The maximum atomic E-state index is 14.4. The summed E-state index contributed by atoms with van der Waals surface area (Å²) in [4.78, 5) is 47.8. The molecule has 0 aromatic heterocycles. The number of aryl methyl sites for hydroxylation is 1. The Balaban J connectivity index is 1.000. The molecule has 9 nitrogen and oxygen atoms in total. The molecule has 6 rings (SSSR count). The van der Waals surface area contributed by atoms with Crippen LogP contribution in [0.4, 0.5) is 4.79 Å². The summed E-state index contributed by atoms with van der Waals surface area (Å²) in [6.07, 6.45) is 9.69. The largest absolute Gasteiger partial charge is 0.445 e. The standard InChI is InChI=1S/C43H57N5O4/c49-40-39(23-13-14-27-44-42(51)52-34-37-21-11-5-12-22-37)45-41(50)43(48(40)38-24-29-47(33-38)32-36-19-9-4-10-20-36)25-30-46(31-26-43)28-15-2-1-6-16-35-17-7-3-8-18-35/h3-5,7-12,17-22,38-39H,1-2,6,13-16,23-34H2,(H,44,51)(H,45,50). The molecular formula is C43H57N5O4. The summed E-state index contributed by atoms with van der Waals surface area (Å²) in [5, 5.41) is 6.01. The lowest BCUT2D eigenvalue weighted by atomic mass is 9.80. The molecule has 3 heterocycles. The van der Waals surface area contributed by atoms with Crippen LogP contribution in [0.3, 0.4) is 0 Å². The van der Waals surface area contributed by atoms with Crippen molar-refractivity contribution < 1.29 is 19.1 Å². The predicted molar refractivity (Wildman–Crippen MR) is 204 cm³/mol. The van der Waals surface area contributed by atoms with Crippen LogP contribution in [0.1, 0.15) is 80.9 Å². The highest BCUT2D eigenvalue weighted by Crippen LogP contribution is 2.37. The number of carbonyl (C=O) groups is 3. The smallest absolute Gasteiger partial charge is 0.407 e. The van der Waals surface area contributed by atoms with Gasteiger partial charge in [0.05, 0.1) is 0 Å². The Bertz CT molecular complexity index is 1550. The SMILES string of the molecule is O=C(NCCCCC1NC(=O)C2(CCN(CCCCCCc3ccccc3)CC2)N(C2CCN(Cc3ccccc3)C2)C1=O)OCc1ccccc1. The molecular weight excluding hydrogens is 651 g/mol. The highest BCUT2D eigenvalue weighted by molar-refractivity contribution is 6.00. The Kier molecular flexibility index (Phi) is 13.7. The minimum Gasteiger partial charge on any atom is -0.445 e. The first kappa shape index (κ1) is 37.5. The molecule has 3 saturated heterocycles. The highest BCUT2D eigenvalue weighted by Gasteiger charge is 2.56. The van der Waals surface area contributed by atoms with E-state index in [0.717, 1.165) is 64.1 Å². The fraction of sp³-hybridized carbons (Fsp3) is 0.512. The van der Waals surface area contributed by atoms with Crippen LogP contribution in [0, 0.1) is 0 Å². The second-order valence-electron chi connectivity index (χ2n) is 14.9. The first-order chi connectivity index (χ1) is 25.5. The van der Waals surface area contributed by atoms with E-state index >= 15 is 0 Å². The molecule has 1 spiro atoms. The minimum atomic E-state index is -0.794. The lowest BCUT2D eigenvalue weighted by Crippen LogP contribution is -2.74. The summed E-state index contributed by atoms with van der Waals surface area (Å²) in [6.45, 7) is 5.93. The molecule has 2 atom stereocenters. The van der Waals surface area contributed by atoms with Crippen molar-refractivity contribution in [3.05, 3.63) is 108 Å². The van der Waals surface area contributed by atoms with E-state index in [2.05, 4.69) is 79.9 Å². The zero-order chi connectivity index (χ0) is 36.0. The summed E-state index contributed by atoms with van der Waals surface area (Å²) >= 11 is 0. The molecule has 3 aromatic rings. The maximum Gasteiger partial charge on any atom is 0.407 e. The molecule has 2 N–H and O–H groups in total. The Labute approximate surface area is 310 Å². The van der Waals surface area contributed by atoms with Gasteiger partial charge in [0.2, 0.25) is 11.8 Å². The predicted octanol–water partition coefficient (Wildman–Crippen LogP) is 6.32. The number of piperazine rings is 1. The molecule has 9 heteroatoms. The molecule has 0 saturated carbocycles. The van der Waals surface area contributed by atoms with Gasteiger partial charge in [-0.25, -0.2) is 4.79 Å². The van der Waals surface area contributed by atoms with Crippen molar-refractivity contribution in [3.8, 4) is 0 Å². The number of hydrogen-bond donors (Lipinski definition) is 2. The molecule has 3 aliphatic rings. The van der Waals surface area contributed by atoms with Gasteiger partial charge in [-0.15, -0.1) is 0 Å². The second kappa shape index (κ2) is 19.0. The third-order valence-corrected chi connectivity index (χ3v) is 11.2. The van der Waals surface area contributed by atoms with Crippen molar-refractivity contribution in [2.24, 2.45) is 0 Å². The number of likely N-dealkylation sites (tertiary alicyclic amines) is 2. The topological polar surface area (TPSA) is 94.2 Å². The lowest BCUT2D eigenvalue weighted by molar-refractivity contribution is -0.165. The number of hydrogen-bond acceptors (Lipinski definition) is 6. The third kappa shape index (κ3) is 10.2. The van der Waals surface area contributed by atoms with E-state index in [0.29, 0.717) is 38.6 Å². The Morgan fingerprint density at radius 1 is 0.750 bits per heavy atom. The number of nitrogens with zero attached hydrogens (tertiary/aromatic N) is 3. The quantitative estimate of drug-likeness (QED) is 0.160. The molecule has 3 amide bonds. The van der Waals surface area contributed by atoms with Crippen LogP contribution in [-0.4, -0.2) is 89.5 Å². The van der Waals surface area contributed by atoms with Gasteiger partial charge >= 0.3 is 6.09 Å². The van der Waals surface area contributed by atoms with Crippen molar-refractivity contribution >= 4 is 17.9 Å². The average Bonchev–Trinajstić information content (AvgIpc) is 3.63. The van der Waals surface area contributed by atoms with Gasteiger partial charge in [-0.3, -0.25) is 14.5 Å². The molecule has 52 heavy (non-hydrogen) atoms. The van der Waals surface area contributed by atoms with Crippen LogP contribution in [0.25, 0.3) is 0 Å². The van der Waals surface area contributed by atoms with Crippen LogP contribution in [0.5, 0.6) is 0 Å². The fourth-order valence-electron chi connectivity index (χ4n) is 8.29. The van der Waals surface area contributed by atoms with Gasteiger partial charge in [-0.1, -0.05) is 104 Å². The second-order valence-corrected chi connectivity index (χ2v) is 14.9. The normalized spacial score (nSPS) is 20.6. The number of rotatable bonds is 17. The van der Waals surface area contributed by atoms with E-state index in [4.69, 9.17) is 4.74 Å². The molecule has 3 aliphatic heterocycles. The minimum absolute atomic E-state index is 0.0155. The van der Waals surface area contributed by atoms with Gasteiger partial charge in [0.15, 0.2) is 0 Å². The van der Waals surface area contributed by atoms with Crippen molar-refractivity contribution in [3.63, 3.8) is 0 Å². The average molecular weight is 708 g/mol. The number of carbonyl (C=O) groups excluding carboxylic acids is 3. The van der Waals surface area contributed by atoms with Gasteiger partial charge in [0.25, 0.3) is 0 Å². The van der Waals surface area contributed by atoms with Crippen molar-refractivity contribution in [2.75, 3.05) is 39.3 Å². The molecule has 0 radical (unpaired) electrons. The summed E-state index contributed by atoms with van der Waals surface area (Å²) < 4.78 is 5.32. The molecule has 3 fully saturated rings. The first-order valence-corrected chi connectivity index (χ1v) is 19.6. The number of ether oxygens (including phenoxy) is 1. The molecule has 0 aliphatic carbocycles. The Morgan fingerprint density at radius 2 is 1.40 bits per heavy atom. The molecule has 278 valence electrons. The van der Waals surface area contributed by atoms with E-state index in [1.165, 1.54) is 30.4 Å². The van der Waals surface area contributed by atoms with Crippen LogP contribution >= 0.6 is 0 Å². The summed E-state index contributed by atoms with van der Waals surface area (Å²) in [5.41, 5.74) is 2.82. The zero-order valence-corrected chi connectivity index (χ0v) is 30.7. The van der Waals surface area contributed by atoms with Crippen LogP contribution in [0.2, 0.25) is 0 Å². The van der Waals surface area contributed by atoms with Crippen molar-refractivity contribution in [2.45, 2.75) is 101 Å². The van der Waals surface area contributed by atoms with Crippen molar-refractivity contribution in [1.29, 1.82) is 0 Å². The molecule has 3 aromatic carbocycles. The van der Waals surface area contributed by atoms with Crippen LogP contribution < -0.4 is 10.6 Å². The zero-order valence-electron chi connectivity index (χ0n) is 30.7. The van der Waals surface area contributed by atoms with Gasteiger partial charge < -0.3 is 25.2 Å². The highest BCUT2D eigenvalue weighted by atomic mass is 16.5. The van der Waals surface area contributed by atoms with E-state index < -0.39 is 17.7 Å². The summed E-state index contributed by atoms with van der Waals surface area (Å²) in [5.74, 6) is 0.0787. The number of piperidine rings is 1. The molecule has 0 bridgehead atoms. The number of unbranched alkanes of at least 4 members (excludes halogenated alkanes) is 4. The van der Waals surface area contributed by atoms with Crippen LogP contribution in [0.15, 0.2) is 91.0 Å². The summed E-state index contributed by atoms with van der Waals surface area (Å²) in [6, 6.07) is 30.3. The van der Waals surface area contributed by atoms with Gasteiger partial charge in [-0.2, -0.15) is 0 Å². The Hall–Kier alpha value is -4.21. The Morgan fingerprint density at radius 3 is 2.12 bits per heavy atom. The van der Waals surface area contributed by atoms with Gasteiger partial charge in [-0.05, 0) is 81.0 Å². The maximum absolute atomic E-state index is 14.4. The number of nitrogens with one attached hydrogen (secondary N) is 2. The number of amides is 3. The fourth-order valence-corrected chi connectivity index (χ4v) is 8.29.